The summed E-state index contributed by atoms with van der Waals surface area (Å²) >= 11 is 0. The van der Waals surface area contributed by atoms with Gasteiger partial charge in [-0.25, -0.2) is 0 Å². The molecular weight excluding hydrogens is 224 g/mol. The summed E-state index contributed by atoms with van der Waals surface area (Å²) in [4.78, 5) is 2.37. The standard InChI is InChI=1S/C11H20N4.ClH/c1-15(9-11-4-6-13-14-11)8-10-3-2-5-12-7-10;/h4,6,10,12H,2-3,5,7-9H2,1H3,(H,13,14);1H. The fourth-order valence-corrected chi connectivity index (χ4v) is 2.25. The summed E-state index contributed by atoms with van der Waals surface area (Å²) in [7, 11) is 2.18. The van der Waals surface area contributed by atoms with Gasteiger partial charge in [-0.15, -0.1) is 12.4 Å². The fourth-order valence-electron chi connectivity index (χ4n) is 2.25. The number of aromatic amines is 1. The van der Waals surface area contributed by atoms with Crippen LogP contribution in [0.3, 0.4) is 0 Å². The highest BCUT2D eigenvalue weighted by Crippen LogP contribution is 2.11. The number of halogens is 1. The molecule has 0 spiro atoms. The van der Waals surface area contributed by atoms with Gasteiger partial charge in [0.1, 0.15) is 0 Å². The molecule has 1 aliphatic heterocycles. The lowest BCUT2D eigenvalue weighted by atomic mass is 9.99. The van der Waals surface area contributed by atoms with Crippen LogP contribution in [-0.2, 0) is 6.54 Å². The van der Waals surface area contributed by atoms with Crippen molar-refractivity contribution < 1.29 is 0 Å². The van der Waals surface area contributed by atoms with Crippen LogP contribution in [0.15, 0.2) is 12.3 Å². The van der Waals surface area contributed by atoms with Crippen LogP contribution >= 0.6 is 12.4 Å². The van der Waals surface area contributed by atoms with Gasteiger partial charge >= 0.3 is 0 Å². The maximum absolute atomic E-state index is 3.96. The van der Waals surface area contributed by atoms with E-state index < -0.39 is 0 Å². The average Bonchev–Trinajstić information content (AvgIpc) is 2.71. The quantitative estimate of drug-likeness (QED) is 0.838. The van der Waals surface area contributed by atoms with E-state index >= 15 is 0 Å². The predicted molar refractivity (Wildman–Crippen MR) is 67.8 cm³/mol. The number of nitrogens with one attached hydrogen (secondary N) is 2. The Morgan fingerprint density at radius 2 is 2.44 bits per heavy atom. The lowest BCUT2D eigenvalue weighted by Gasteiger charge is -2.27. The lowest BCUT2D eigenvalue weighted by Crippen LogP contribution is -2.36. The number of aromatic nitrogens is 2. The van der Waals surface area contributed by atoms with Crippen LogP contribution in [0.2, 0.25) is 0 Å². The number of nitrogens with zero attached hydrogens (tertiary/aromatic N) is 2. The van der Waals surface area contributed by atoms with Crippen LogP contribution in [-0.4, -0.2) is 41.8 Å². The first kappa shape index (κ1) is 13.5. The predicted octanol–water partition coefficient (Wildman–Crippen LogP) is 1.26. The van der Waals surface area contributed by atoms with E-state index in [4.69, 9.17) is 0 Å². The SMILES string of the molecule is CN(Cc1ccn[nH]1)CC1CCCNC1.Cl. The summed E-state index contributed by atoms with van der Waals surface area (Å²) in [6, 6.07) is 2.04. The highest BCUT2D eigenvalue weighted by molar-refractivity contribution is 5.85. The summed E-state index contributed by atoms with van der Waals surface area (Å²) in [5, 5.41) is 10.4. The molecule has 1 fully saturated rings. The fraction of sp³-hybridized carbons (Fsp3) is 0.727. The van der Waals surface area contributed by atoms with E-state index in [0.29, 0.717) is 0 Å². The van der Waals surface area contributed by atoms with Crippen molar-refractivity contribution in [3.63, 3.8) is 0 Å². The molecule has 1 atom stereocenters. The van der Waals surface area contributed by atoms with Crippen LogP contribution < -0.4 is 5.32 Å². The molecule has 0 amide bonds. The minimum absolute atomic E-state index is 0. The molecule has 0 aromatic carbocycles. The zero-order valence-corrected chi connectivity index (χ0v) is 10.6. The Balaban J connectivity index is 0.00000128. The van der Waals surface area contributed by atoms with Crippen LogP contribution in [0, 0.1) is 5.92 Å². The van der Waals surface area contributed by atoms with Gasteiger partial charge in [-0.05, 0) is 45.0 Å². The normalized spacial score (nSPS) is 20.8. The van der Waals surface area contributed by atoms with Crippen molar-refractivity contribution >= 4 is 12.4 Å². The molecule has 0 aliphatic carbocycles. The van der Waals surface area contributed by atoms with Crippen molar-refractivity contribution in [3.05, 3.63) is 18.0 Å². The third-order valence-electron chi connectivity index (χ3n) is 2.97. The molecule has 2 heterocycles. The number of rotatable bonds is 4. The van der Waals surface area contributed by atoms with E-state index in [1.807, 2.05) is 12.3 Å². The Kier molecular flexibility index (Phi) is 5.80. The molecule has 1 unspecified atom stereocenters. The summed E-state index contributed by atoms with van der Waals surface area (Å²) < 4.78 is 0. The van der Waals surface area contributed by atoms with Gasteiger partial charge < -0.3 is 10.2 Å². The van der Waals surface area contributed by atoms with Crippen molar-refractivity contribution in [2.24, 2.45) is 5.92 Å². The lowest BCUT2D eigenvalue weighted by molar-refractivity contribution is 0.235. The molecule has 1 aromatic rings. The van der Waals surface area contributed by atoms with Gasteiger partial charge in [-0.1, -0.05) is 0 Å². The summed E-state index contributed by atoms with van der Waals surface area (Å²) in [6.07, 6.45) is 4.49. The molecular formula is C11H21ClN4. The zero-order chi connectivity index (χ0) is 10.5. The van der Waals surface area contributed by atoms with Gasteiger partial charge in [0.05, 0.1) is 0 Å². The first-order chi connectivity index (χ1) is 7.34. The van der Waals surface area contributed by atoms with Gasteiger partial charge in [0.25, 0.3) is 0 Å². The van der Waals surface area contributed by atoms with Crippen LogP contribution in [0.25, 0.3) is 0 Å². The van der Waals surface area contributed by atoms with Gasteiger partial charge in [0.15, 0.2) is 0 Å². The van der Waals surface area contributed by atoms with Crippen molar-refractivity contribution in [2.75, 3.05) is 26.7 Å². The highest BCUT2D eigenvalue weighted by atomic mass is 35.5. The van der Waals surface area contributed by atoms with Crippen molar-refractivity contribution in [1.82, 2.24) is 20.4 Å². The maximum atomic E-state index is 3.96. The van der Waals surface area contributed by atoms with Gasteiger partial charge in [0.2, 0.25) is 0 Å². The minimum atomic E-state index is 0. The van der Waals surface area contributed by atoms with Gasteiger partial charge in [0, 0.05) is 25.0 Å². The third-order valence-corrected chi connectivity index (χ3v) is 2.97. The highest BCUT2D eigenvalue weighted by Gasteiger charge is 2.14. The number of H-pyrrole nitrogens is 1. The molecule has 2 N–H and O–H groups in total. The van der Waals surface area contributed by atoms with E-state index in [0.717, 1.165) is 12.5 Å². The van der Waals surface area contributed by atoms with Gasteiger partial charge in [-0.2, -0.15) is 5.10 Å². The van der Waals surface area contributed by atoms with E-state index in [1.165, 1.54) is 38.2 Å². The maximum Gasteiger partial charge on any atom is 0.0492 e. The van der Waals surface area contributed by atoms with E-state index in [-0.39, 0.29) is 12.4 Å². The molecule has 92 valence electrons. The first-order valence-corrected chi connectivity index (χ1v) is 5.72. The Bertz CT molecular complexity index is 270. The monoisotopic (exact) mass is 244 g/mol. The smallest absolute Gasteiger partial charge is 0.0492 e. The Hall–Kier alpha value is -0.580. The number of hydrogen-bond donors (Lipinski definition) is 2. The summed E-state index contributed by atoms with van der Waals surface area (Å²) in [5.41, 5.74) is 1.20. The molecule has 5 heteroatoms. The second kappa shape index (κ2) is 6.89. The van der Waals surface area contributed by atoms with Crippen LogP contribution in [0.4, 0.5) is 0 Å². The largest absolute Gasteiger partial charge is 0.316 e. The molecule has 1 aliphatic rings. The van der Waals surface area contributed by atoms with Crippen molar-refractivity contribution in [3.8, 4) is 0 Å². The summed E-state index contributed by atoms with van der Waals surface area (Å²) in [6.45, 7) is 4.51. The molecule has 1 aromatic heterocycles. The third kappa shape index (κ3) is 4.12. The van der Waals surface area contributed by atoms with E-state index in [9.17, 15) is 0 Å². The topological polar surface area (TPSA) is 44.0 Å². The van der Waals surface area contributed by atoms with Crippen LogP contribution in [0.5, 0.6) is 0 Å². The first-order valence-electron chi connectivity index (χ1n) is 5.72. The van der Waals surface area contributed by atoms with E-state index in [1.54, 1.807) is 0 Å². The minimum Gasteiger partial charge on any atom is -0.316 e. The molecule has 0 bridgehead atoms. The molecule has 0 saturated carbocycles. The molecule has 1 saturated heterocycles. The molecule has 16 heavy (non-hydrogen) atoms. The van der Waals surface area contributed by atoms with E-state index in [2.05, 4.69) is 27.5 Å². The Morgan fingerprint density at radius 3 is 3.06 bits per heavy atom. The molecule has 2 rings (SSSR count). The second-order valence-corrected chi connectivity index (χ2v) is 4.49. The number of piperidine rings is 1. The zero-order valence-electron chi connectivity index (χ0n) is 9.78. The van der Waals surface area contributed by atoms with Crippen molar-refractivity contribution in [1.29, 1.82) is 0 Å². The molecule has 4 nitrogen and oxygen atoms in total. The van der Waals surface area contributed by atoms with Crippen LogP contribution in [0.1, 0.15) is 18.5 Å². The average molecular weight is 245 g/mol. The second-order valence-electron chi connectivity index (χ2n) is 4.49. The van der Waals surface area contributed by atoms with Gasteiger partial charge in [-0.3, -0.25) is 5.10 Å². The van der Waals surface area contributed by atoms with Crippen molar-refractivity contribution in [2.45, 2.75) is 19.4 Å². The Labute approximate surface area is 103 Å². The molecule has 0 radical (unpaired) electrons. The summed E-state index contributed by atoms with van der Waals surface area (Å²) in [5.74, 6) is 0.812. The Morgan fingerprint density at radius 1 is 1.56 bits per heavy atom. The number of hydrogen-bond acceptors (Lipinski definition) is 3.